The Balaban J connectivity index is 1.50. The highest BCUT2D eigenvalue weighted by molar-refractivity contribution is 5.81. The zero-order valence-electron chi connectivity index (χ0n) is 15.3. The molecule has 3 aromatic rings. The number of rotatable bonds is 5. The highest BCUT2D eigenvalue weighted by Crippen LogP contribution is 2.34. The summed E-state index contributed by atoms with van der Waals surface area (Å²) in [7, 11) is 0. The van der Waals surface area contributed by atoms with Gasteiger partial charge in [-0.25, -0.2) is 9.78 Å². The summed E-state index contributed by atoms with van der Waals surface area (Å²) in [6, 6.07) is 6.08. The molecule has 0 spiro atoms. The van der Waals surface area contributed by atoms with Crippen molar-refractivity contribution < 1.29 is 18.8 Å². The lowest BCUT2D eigenvalue weighted by Crippen LogP contribution is -2.35. The van der Waals surface area contributed by atoms with E-state index in [4.69, 9.17) is 14.0 Å². The molecular formula is C20H23N3O4. The Kier molecular flexibility index (Phi) is 5.11. The Morgan fingerprint density at radius 3 is 2.93 bits per heavy atom. The third-order valence-corrected chi connectivity index (χ3v) is 4.96. The molecule has 4 heterocycles. The molecule has 1 aliphatic heterocycles. The zero-order chi connectivity index (χ0) is 18.6. The van der Waals surface area contributed by atoms with Crippen LogP contribution in [0.5, 0.6) is 0 Å². The number of hydroxylamine groups is 2. The van der Waals surface area contributed by atoms with Gasteiger partial charge in [-0.05, 0) is 49.4 Å². The fourth-order valence-corrected chi connectivity index (χ4v) is 3.68. The van der Waals surface area contributed by atoms with Crippen molar-refractivity contribution in [2.45, 2.75) is 32.2 Å². The Morgan fingerprint density at radius 1 is 1.33 bits per heavy atom. The molecule has 0 amide bonds. The zero-order valence-corrected chi connectivity index (χ0v) is 15.3. The van der Waals surface area contributed by atoms with Crippen molar-refractivity contribution >= 4 is 17.2 Å². The number of hydrogen-bond acceptors (Lipinski definition) is 6. The van der Waals surface area contributed by atoms with E-state index in [1.165, 1.54) is 10.9 Å². The van der Waals surface area contributed by atoms with E-state index in [2.05, 4.69) is 21.8 Å². The van der Waals surface area contributed by atoms with Gasteiger partial charge in [0.2, 0.25) is 0 Å². The van der Waals surface area contributed by atoms with Gasteiger partial charge in [0.1, 0.15) is 5.65 Å². The van der Waals surface area contributed by atoms with Gasteiger partial charge in [-0.2, -0.15) is 0 Å². The topological polar surface area (TPSA) is 69.7 Å². The minimum absolute atomic E-state index is 0.318. The maximum Gasteiger partial charge on any atom is 0.527 e. The molecule has 3 aromatic heterocycles. The number of piperidine rings is 1. The first-order valence-electron chi connectivity index (χ1n) is 9.29. The molecule has 1 aliphatic rings. The second kappa shape index (κ2) is 7.84. The highest BCUT2D eigenvalue weighted by atomic mass is 16.8. The van der Waals surface area contributed by atoms with Crippen LogP contribution in [0.15, 0.2) is 47.5 Å². The van der Waals surface area contributed by atoms with Gasteiger partial charge in [-0.1, -0.05) is 0 Å². The molecule has 4 rings (SSSR count). The van der Waals surface area contributed by atoms with E-state index in [1.54, 1.807) is 24.5 Å². The van der Waals surface area contributed by atoms with Crippen LogP contribution in [0.4, 0.5) is 4.79 Å². The van der Waals surface area contributed by atoms with E-state index in [0.717, 1.165) is 30.6 Å². The standard InChI is InChI=1S/C20H23N3O4/c1-2-26-20(24)27-23-9-5-16(6-10-23)18-13-22(12-15-7-11-25-14-15)19-17(18)4-3-8-21-19/h3-4,7-8,11,13-14,16H,2,5-6,9-10,12H2,1H3. The Labute approximate surface area is 157 Å². The van der Waals surface area contributed by atoms with Crippen molar-refractivity contribution in [1.29, 1.82) is 0 Å². The van der Waals surface area contributed by atoms with Crippen LogP contribution in [0.1, 0.15) is 36.8 Å². The Morgan fingerprint density at radius 2 is 2.19 bits per heavy atom. The summed E-state index contributed by atoms with van der Waals surface area (Å²) >= 11 is 0. The second-order valence-corrected chi connectivity index (χ2v) is 6.70. The van der Waals surface area contributed by atoms with Crippen LogP contribution in [0.3, 0.4) is 0 Å². The molecule has 0 aromatic carbocycles. The summed E-state index contributed by atoms with van der Waals surface area (Å²) in [6.45, 7) is 4.20. The molecule has 0 bridgehead atoms. The molecule has 1 fully saturated rings. The van der Waals surface area contributed by atoms with Gasteiger partial charge in [0.05, 0.1) is 25.7 Å². The molecule has 0 radical (unpaired) electrons. The lowest BCUT2D eigenvalue weighted by molar-refractivity contribution is -0.138. The largest absolute Gasteiger partial charge is 0.527 e. The summed E-state index contributed by atoms with van der Waals surface area (Å²) in [6.07, 6.45) is 8.69. The molecule has 0 saturated carbocycles. The first-order valence-corrected chi connectivity index (χ1v) is 9.29. The molecule has 7 nitrogen and oxygen atoms in total. The molecule has 0 atom stereocenters. The van der Waals surface area contributed by atoms with Crippen LogP contribution < -0.4 is 0 Å². The molecule has 1 saturated heterocycles. The summed E-state index contributed by atoms with van der Waals surface area (Å²) in [4.78, 5) is 21.3. The average molecular weight is 369 g/mol. The normalized spacial score (nSPS) is 15.9. The third kappa shape index (κ3) is 3.83. The molecule has 0 unspecified atom stereocenters. The van der Waals surface area contributed by atoms with Gasteiger partial charge in [0.15, 0.2) is 0 Å². The van der Waals surface area contributed by atoms with E-state index in [9.17, 15) is 4.79 Å². The van der Waals surface area contributed by atoms with E-state index < -0.39 is 6.16 Å². The average Bonchev–Trinajstić information content (AvgIpc) is 3.32. The fourth-order valence-electron chi connectivity index (χ4n) is 3.68. The van der Waals surface area contributed by atoms with Crippen molar-refractivity contribution in [1.82, 2.24) is 14.6 Å². The lowest BCUT2D eigenvalue weighted by Gasteiger charge is -2.29. The molecule has 7 heteroatoms. The maximum absolute atomic E-state index is 11.5. The third-order valence-electron chi connectivity index (χ3n) is 4.96. The van der Waals surface area contributed by atoms with Crippen LogP contribution in [0, 0.1) is 0 Å². The van der Waals surface area contributed by atoms with Crippen LogP contribution in [0.2, 0.25) is 0 Å². The van der Waals surface area contributed by atoms with Crippen molar-refractivity contribution in [2.24, 2.45) is 0 Å². The van der Waals surface area contributed by atoms with Crippen LogP contribution in [0.25, 0.3) is 11.0 Å². The van der Waals surface area contributed by atoms with Gasteiger partial charge < -0.3 is 18.6 Å². The fraction of sp³-hybridized carbons (Fsp3) is 0.400. The van der Waals surface area contributed by atoms with Crippen LogP contribution in [-0.2, 0) is 16.1 Å². The number of aromatic nitrogens is 2. The number of carbonyl (C=O) groups is 1. The Hall–Kier alpha value is -2.80. The maximum atomic E-state index is 11.5. The SMILES string of the molecule is CCOC(=O)ON1CCC(c2cn(Cc3ccoc3)c3ncccc23)CC1. The number of carbonyl (C=O) groups excluding carboxylic acids is 1. The molecule has 0 aliphatic carbocycles. The highest BCUT2D eigenvalue weighted by Gasteiger charge is 2.26. The number of furan rings is 1. The lowest BCUT2D eigenvalue weighted by atomic mass is 9.90. The number of fused-ring (bicyclic) bond motifs is 1. The van der Waals surface area contributed by atoms with Crippen LogP contribution >= 0.6 is 0 Å². The smallest absolute Gasteiger partial charge is 0.472 e. The number of ether oxygens (including phenoxy) is 1. The van der Waals surface area contributed by atoms with Crippen molar-refractivity contribution in [3.05, 3.63) is 54.2 Å². The summed E-state index contributed by atoms with van der Waals surface area (Å²) < 4.78 is 12.2. The monoisotopic (exact) mass is 369 g/mol. The van der Waals surface area contributed by atoms with Crippen molar-refractivity contribution in [3.8, 4) is 0 Å². The van der Waals surface area contributed by atoms with Gasteiger partial charge in [-0.15, -0.1) is 5.06 Å². The minimum atomic E-state index is -0.628. The van der Waals surface area contributed by atoms with Crippen LogP contribution in [-0.4, -0.2) is 40.5 Å². The van der Waals surface area contributed by atoms with E-state index in [1.807, 2.05) is 18.3 Å². The molecule has 0 N–H and O–H groups in total. The van der Waals surface area contributed by atoms with Gasteiger partial charge in [0, 0.05) is 36.4 Å². The van der Waals surface area contributed by atoms with Gasteiger partial charge in [0.25, 0.3) is 0 Å². The molecular weight excluding hydrogens is 346 g/mol. The van der Waals surface area contributed by atoms with E-state index in [0.29, 0.717) is 25.6 Å². The number of hydrogen-bond donors (Lipinski definition) is 0. The Bertz CT molecular complexity index is 895. The number of nitrogens with zero attached hydrogens (tertiary/aromatic N) is 3. The van der Waals surface area contributed by atoms with E-state index >= 15 is 0 Å². The second-order valence-electron chi connectivity index (χ2n) is 6.70. The van der Waals surface area contributed by atoms with Gasteiger partial charge >= 0.3 is 6.16 Å². The van der Waals surface area contributed by atoms with Crippen molar-refractivity contribution in [3.63, 3.8) is 0 Å². The predicted molar refractivity (Wildman–Crippen MR) is 99.2 cm³/mol. The predicted octanol–water partition coefficient (Wildman–Crippen LogP) is 3.95. The summed E-state index contributed by atoms with van der Waals surface area (Å²) in [5.74, 6) is 0.407. The van der Waals surface area contributed by atoms with E-state index in [-0.39, 0.29) is 0 Å². The first kappa shape index (κ1) is 17.6. The first-order chi connectivity index (χ1) is 13.2. The minimum Gasteiger partial charge on any atom is -0.472 e. The summed E-state index contributed by atoms with van der Waals surface area (Å²) in [5, 5.41) is 2.88. The quantitative estimate of drug-likeness (QED) is 0.635. The van der Waals surface area contributed by atoms with Crippen molar-refractivity contribution in [2.75, 3.05) is 19.7 Å². The van der Waals surface area contributed by atoms with Gasteiger partial charge in [-0.3, -0.25) is 0 Å². The molecule has 142 valence electrons. The number of pyridine rings is 1. The summed E-state index contributed by atoms with van der Waals surface area (Å²) in [5.41, 5.74) is 3.40. The molecule has 27 heavy (non-hydrogen) atoms.